The van der Waals surface area contributed by atoms with Crippen LogP contribution in [-0.2, 0) is 23.9 Å². The van der Waals surface area contributed by atoms with Crippen molar-refractivity contribution >= 4 is 17.7 Å². The number of carbonyl (C=O) groups is 3. The van der Waals surface area contributed by atoms with Crippen molar-refractivity contribution < 1.29 is 23.9 Å². The van der Waals surface area contributed by atoms with Gasteiger partial charge in [-0.1, -0.05) is 12.8 Å². The van der Waals surface area contributed by atoms with E-state index in [-0.39, 0.29) is 24.5 Å². The number of esters is 2. The molecule has 3 heterocycles. The largest absolute Gasteiger partial charge is 0.468 e. The molecular weight excluding hydrogens is 298 g/mol. The van der Waals surface area contributed by atoms with E-state index in [0.717, 1.165) is 38.5 Å². The van der Waals surface area contributed by atoms with Crippen LogP contribution in [0.5, 0.6) is 0 Å². The minimum atomic E-state index is -0.855. The fourth-order valence-corrected chi connectivity index (χ4v) is 4.81. The highest BCUT2D eigenvalue weighted by Gasteiger charge is 2.57. The summed E-state index contributed by atoms with van der Waals surface area (Å²) in [4.78, 5) is 39.9. The van der Waals surface area contributed by atoms with Gasteiger partial charge in [-0.15, -0.1) is 0 Å². The predicted molar refractivity (Wildman–Crippen MR) is 81.5 cm³/mol. The van der Waals surface area contributed by atoms with Crippen molar-refractivity contribution in [1.29, 1.82) is 0 Å². The molecule has 3 aliphatic heterocycles. The molecule has 5 atom stereocenters. The highest BCUT2D eigenvalue weighted by atomic mass is 16.5. The van der Waals surface area contributed by atoms with Crippen molar-refractivity contribution in [3.05, 3.63) is 0 Å². The van der Waals surface area contributed by atoms with Gasteiger partial charge in [0.05, 0.1) is 13.7 Å². The molecule has 0 bridgehead atoms. The predicted octanol–water partition coefficient (Wildman–Crippen LogP) is 1.31. The Kier molecular flexibility index (Phi) is 4.71. The Morgan fingerprint density at radius 1 is 1.04 bits per heavy atom. The van der Waals surface area contributed by atoms with Crippen LogP contribution < -0.4 is 0 Å². The maximum atomic E-state index is 13.0. The van der Waals surface area contributed by atoms with E-state index in [0.29, 0.717) is 6.04 Å². The van der Waals surface area contributed by atoms with Crippen LogP contribution in [0.4, 0.5) is 0 Å². The number of Topliss-reactive ketones (excluding diaryl/α,β-unsaturated/α-hetero) is 1. The first-order valence-corrected chi connectivity index (χ1v) is 8.65. The van der Waals surface area contributed by atoms with E-state index in [1.54, 1.807) is 6.92 Å². The summed E-state index contributed by atoms with van der Waals surface area (Å²) in [5, 5.41) is 0. The number of rotatable bonds is 3. The molecule has 6 heteroatoms. The highest BCUT2D eigenvalue weighted by molar-refractivity contribution is 6.10. The summed E-state index contributed by atoms with van der Waals surface area (Å²) in [7, 11) is 1.30. The van der Waals surface area contributed by atoms with Crippen molar-refractivity contribution in [2.75, 3.05) is 13.7 Å². The maximum absolute atomic E-state index is 13.0. The van der Waals surface area contributed by atoms with Gasteiger partial charge in [0, 0.05) is 18.1 Å². The number of hydrogen-bond acceptors (Lipinski definition) is 6. The Morgan fingerprint density at radius 2 is 1.61 bits per heavy atom. The van der Waals surface area contributed by atoms with Gasteiger partial charge in [-0.2, -0.15) is 0 Å². The number of methoxy groups -OCH3 is 1. The number of piperidine rings is 3. The number of ether oxygens (including phenoxy) is 2. The van der Waals surface area contributed by atoms with Crippen molar-refractivity contribution in [1.82, 2.24) is 4.90 Å². The molecule has 0 radical (unpaired) electrons. The molecule has 3 saturated heterocycles. The summed E-state index contributed by atoms with van der Waals surface area (Å²) in [5.41, 5.74) is 0. The van der Waals surface area contributed by atoms with Gasteiger partial charge in [-0.3, -0.25) is 19.3 Å². The standard InChI is InChI=1S/C17H25NO5/c1-3-23-17(21)14-12-9-5-7-10-6-4-8-11(18(10)12)13(15(14)19)16(20)22-2/h10-14H,3-9H2,1-2H3/t10-,11+,12-,13+,14-/m1/s1. The van der Waals surface area contributed by atoms with Crippen molar-refractivity contribution in [3.8, 4) is 0 Å². The summed E-state index contributed by atoms with van der Waals surface area (Å²) in [6, 6.07) is 0.126. The fraction of sp³-hybridized carbons (Fsp3) is 0.824. The number of ketones is 1. The third-order valence-electron chi connectivity index (χ3n) is 5.64. The normalized spacial score (nSPS) is 37.0. The Bertz CT molecular complexity index is 503. The summed E-state index contributed by atoms with van der Waals surface area (Å²) < 4.78 is 10.0. The zero-order valence-electron chi connectivity index (χ0n) is 13.8. The lowest BCUT2D eigenvalue weighted by atomic mass is 9.69. The third kappa shape index (κ3) is 2.67. The summed E-state index contributed by atoms with van der Waals surface area (Å²) in [5.74, 6) is -3.01. The molecule has 6 nitrogen and oxygen atoms in total. The average molecular weight is 323 g/mol. The summed E-state index contributed by atoms with van der Waals surface area (Å²) in [6.45, 7) is 1.97. The van der Waals surface area contributed by atoms with Gasteiger partial charge in [-0.25, -0.2) is 0 Å². The quantitative estimate of drug-likeness (QED) is 0.576. The molecule has 0 saturated carbocycles. The van der Waals surface area contributed by atoms with Crippen molar-refractivity contribution in [3.63, 3.8) is 0 Å². The molecule has 0 unspecified atom stereocenters. The Balaban J connectivity index is 1.98. The SMILES string of the molecule is CCOC(=O)[C@H]1C(=O)[C@@H](C(=O)OC)[C@@H]2CCC[C@@H]3CCC[C@H]1N32. The maximum Gasteiger partial charge on any atom is 0.318 e. The Labute approximate surface area is 136 Å². The van der Waals surface area contributed by atoms with Gasteiger partial charge in [0.2, 0.25) is 0 Å². The molecule has 3 rings (SSSR count). The first-order chi connectivity index (χ1) is 11.1. The molecular formula is C17H25NO5. The number of hydrogen-bond donors (Lipinski definition) is 0. The number of nitrogens with zero attached hydrogens (tertiary/aromatic N) is 1. The van der Waals surface area contributed by atoms with Gasteiger partial charge in [0.25, 0.3) is 0 Å². The molecule has 0 aromatic heterocycles. The first-order valence-electron chi connectivity index (χ1n) is 8.65. The molecule has 0 aromatic rings. The lowest BCUT2D eigenvalue weighted by Gasteiger charge is -2.55. The lowest BCUT2D eigenvalue weighted by Crippen LogP contribution is -2.68. The topological polar surface area (TPSA) is 72.9 Å². The monoisotopic (exact) mass is 323 g/mol. The minimum Gasteiger partial charge on any atom is -0.468 e. The molecule has 128 valence electrons. The van der Waals surface area contributed by atoms with Crippen molar-refractivity contribution in [2.24, 2.45) is 11.8 Å². The van der Waals surface area contributed by atoms with E-state index in [2.05, 4.69) is 4.90 Å². The van der Waals surface area contributed by atoms with Crippen LogP contribution in [0.15, 0.2) is 0 Å². The second-order valence-corrected chi connectivity index (χ2v) is 6.73. The highest BCUT2D eigenvalue weighted by Crippen LogP contribution is 2.44. The third-order valence-corrected chi connectivity index (χ3v) is 5.64. The van der Waals surface area contributed by atoms with Gasteiger partial charge >= 0.3 is 11.9 Å². The fourth-order valence-electron chi connectivity index (χ4n) is 4.81. The Hall–Kier alpha value is -1.43. The zero-order valence-corrected chi connectivity index (χ0v) is 13.8. The van der Waals surface area contributed by atoms with Crippen LogP contribution in [0.1, 0.15) is 45.4 Å². The van der Waals surface area contributed by atoms with Crippen LogP contribution in [0.25, 0.3) is 0 Å². The lowest BCUT2D eigenvalue weighted by molar-refractivity contribution is -0.174. The van der Waals surface area contributed by atoms with E-state index in [1.165, 1.54) is 7.11 Å². The van der Waals surface area contributed by atoms with Gasteiger partial charge < -0.3 is 9.47 Å². The van der Waals surface area contributed by atoms with Crippen LogP contribution in [0.3, 0.4) is 0 Å². The average Bonchev–Trinajstić information content (AvgIpc) is 2.55. The second-order valence-electron chi connectivity index (χ2n) is 6.73. The second kappa shape index (κ2) is 6.59. The van der Waals surface area contributed by atoms with Gasteiger partial charge in [0.1, 0.15) is 11.8 Å². The molecule has 3 fully saturated rings. The molecule has 3 aliphatic rings. The number of carbonyl (C=O) groups excluding carboxylic acids is 3. The van der Waals surface area contributed by atoms with Gasteiger partial charge in [0.15, 0.2) is 5.78 Å². The summed E-state index contributed by atoms with van der Waals surface area (Å²) >= 11 is 0. The van der Waals surface area contributed by atoms with Crippen LogP contribution in [-0.4, -0.2) is 54.5 Å². The molecule has 23 heavy (non-hydrogen) atoms. The van der Waals surface area contributed by atoms with E-state index < -0.39 is 23.8 Å². The Morgan fingerprint density at radius 3 is 2.13 bits per heavy atom. The van der Waals surface area contributed by atoms with E-state index in [9.17, 15) is 14.4 Å². The van der Waals surface area contributed by atoms with E-state index in [1.807, 2.05) is 0 Å². The molecule has 0 spiro atoms. The molecule has 0 aromatic carbocycles. The molecule has 0 amide bonds. The van der Waals surface area contributed by atoms with E-state index in [4.69, 9.17) is 9.47 Å². The van der Waals surface area contributed by atoms with Crippen molar-refractivity contribution in [2.45, 2.75) is 63.6 Å². The molecule has 0 aliphatic carbocycles. The minimum absolute atomic E-state index is 0.119. The van der Waals surface area contributed by atoms with E-state index >= 15 is 0 Å². The van der Waals surface area contributed by atoms with Gasteiger partial charge in [-0.05, 0) is 32.6 Å². The first kappa shape index (κ1) is 16.4. The zero-order chi connectivity index (χ0) is 16.6. The molecule has 0 N–H and O–H groups in total. The van der Waals surface area contributed by atoms with Crippen LogP contribution in [0, 0.1) is 11.8 Å². The van der Waals surface area contributed by atoms with Crippen LogP contribution in [0.2, 0.25) is 0 Å². The smallest absolute Gasteiger partial charge is 0.318 e. The summed E-state index contributed by atoms with van der Waals surface area (Å²) in [6.07, 6.45) is 5.81. The van der Waals surface area contributed by atoms with Crippen LogP contribution >= 0.6 is 0 Å².